The second kappa shape index (κ2) is 17.2. The largest absolute Gasteiger partial charge is 0.480 e. The normalized spacial score (nSPS) is 13.4. The monoisotopic (exact) mass is 479 g/mol. The SMILES string of the molecule is NCCCC[C@H](N)C(=O)OCCOC(=O)CNC(=O)[C@H](CS)NC(=O)CC[C@H](N)C(=O)O. The maximum atomic E-state index is 12.1. The average molecular weight is 480 g/mol. The Kier molecular flexibility index (Phi) is 15.9. The minimum absolute atomic E-state index is 0.0565. The Hall–Kier alpha value is -2.42. The molecule has 13 nitrogen and oxygen atoms in total. The number of hydrogen-bond donors (Lipinski definition) is 7. The summed E-state index contributed by atoms with van der Waals surface area (Å²) in [4.78, 5) is 57.9. The molecule has 0 aliphatic carbocycles. The molecule has 2 amide bonds. The number of carboxylic acid groups (broad SMARTS) is 1. The zero-order valence-corrected chi connectivity index (χ0v) is 18.7. The Morgan fingerprint density at radius 3 is 2.22 bits per heavy atom. The van der Waals surface area contributed by atoms with Crippen molar-refractivity contribution in [2.24, 2.45) is 17.2 Å². The summed E-state index contributed by atoms with van der Waals surface area (Å²) in [7, 11) is 0. The molecule has 0 unspecified atom stereocenters. The molecule has 0 aromatic carbocycles. The molecule has 0 aromatic rings. The lowest BCUT2D eigenvalue weighted by Crippen LogP contribution is -2.49. The van der Waals surface area contributed by atoms with Crippen LogP contribution in [0.15, 0.2) is 0 Å². The number of rotatable bonds is 17. The number of carbonyl (C=O) groups excluding carboxylic acids is 4. The Labute approximate surface area is 191 Å². The molecule has 0 aromatic heterocycles. The first-order valence-electron chi connectivity index (χ1n) is 10.1. The Balaban J connectivity index is 4.11. The Morgan fingerprint density at radius 1 is 0.969 bits per heavy atom. The third-order valence-corrected chi connectivity index (χ3v) is 4.47. The quantitative estimate of drug-likeness (QED) is 0.0642. The van der Waals surface area contributed by atoms with E-state index in [1.165, 1.54) is 0 Å². The van der Waals surface area contributed by atoms with Crippen LogP contribution >= 0.6 is 12.6 Å². The van der Waals surface area contributed by atoms with Gasteiger partial charge in [0, 0.05) is 12.2 Å². The second-order valence-corrected chi connectivity index (χ2v) is 7.15. The van der Waals surface area contributed by atoms with Gasteiger partial charge in [-0.3, -0.25) is 24.0 Å². The molecule has 0 fully saturated rings. The molecule has 0 aliphatic rings. The van der Waals surface area contributed by atoms with E-state index in [2.05, 4.69) is 23.3 Å². The summed E-state index contributed by atoms with van der Waals surface area (Å²) in [6.07, 6.45) is 1.60. The molecule has 0 heterocycles. The average Bonchev–Trinajstić information content (AvgIpc) is 2.76. The molecule has 9 N–H and O–H groups in total. The predicted octanol–water partition coefficient (Wildman–Crippen LogP) is -2.75. The van der Waals surface area contributed by atoms with Crippen LogP contribution in [0.1, 0.15) is 32.1 Å². The minimum Gasteiger partial charge on any atom is -0.480 e. The fourth-order valence-corrected chi connectivity index (χ4v) is 2.49. The van der Waals surface area contributed by atoms with Crippen molar-refractivity contribution >= 4 is 42.4 Å². The summed E-state index contributed by atoms with van der Waals surface area (Å²) < 4.78 is 9.74. The molecule has 0 rings (SSSR count). The lowest BCUT2D eigenvalue weighted by atomic mass is 10.1. The van der Waals surface area contributed by atoms with E-state index in [0.29, 0.717) is 19.4 Å². The highest BCUT2D eigenvalue weighted by Gasteiger charge is 2.21. The van der Waals surface area contributed by atoms with Gasteiger partial charge >= 0.3 is 17.9 Å². The van der Waals surface area contributed by atoms with Crippen molar-refractivity contribution in [1.82, 2.24) is 10.6 Å². The van der Waals surface area contributed by atoms with Gasteiger partial charge in [-0.25, -0.2) is 0 Å². The van der Waals surface area contributed by atoms with Crippen LogP contribution < -0.4 is 27.8 Å². The number of amides is 2. The van der Waals surface area contributed by atoms with Crippen LogP contribution in [0.25, 0.3) is 0 Å². The van der Waals surface area contributed by atoms with Crippen molar-refractivity contribution in [2.45, 2.75) is 50.2 Å². The van der Waals surface area contributed by atoms with Crippen molar-refractivity contribution in [2.75, 3.05) is 32.1 Å². The predicted molar refractivity (Wildman–Crippen MR) is 116 cm³/mol. The fraction of sp³-hybridized carbons (Fsp3) is 0.722. The molecule has 184 valence electrons. The zero-order valence-electron chi connectivity index (χ0n) is 17.8. The van der Waals surface area contributed by atoms with E-state index in [0.717, 1.165) is 6.42 Å². The first-order valence-corrected chi connectivity index (χ1v) is 10.7. The summed E-state index contributed by atoms with van der Waals surface area (Å²) in [6.45, 7) is -0.365. The number of nitrogens with one attached hydrogen (secondary N) is 2. The molecule has 32 heavy (non-hydrogen) atoms. The molecule has 0 aliphatic heterocycles. The number of aliphatic carboxylic acids is 1. The van der Waals surface area contributed by atoms with Crippen LogP contribution in [0.3, 0.4) is 0 Å². The standard InChI is InChI=1S/C18H33N5O8S/c19-6-2-1-3-12(21)18(29)31-8-7-30-15(25)9-22-16(26)13(10-32)23-14(24)5-4-11(20)17(27)28/h11-13,32H,1-10,19-21H2,(H,22,26)(H,23,24)(H,27,28)/t11-,12-,13-/m0/s1. The highest BCUT2D eigenvalue weighted by Crippen LogP contribution is 2.00. The third-order valence-electron chi connectivity index (χ3n) is 4.10. The van der Waals surface area contributed by atoms with E-state index in [-0.39, 0.29) is 31.8 Å². The minimum atomic E-state index is -1.24. The zero-order chi connectivity index (χ0) is 24.5. The molecule has 3 atom stereocenters. The number of ether oxygens (including phenoxy) is 2. The molecular formula is C18H33N5O8S. The first-order chi connectivity index (χ1) is 15.1. The van der Waals surface area contributed by atoms with Gasteiger partial charge in [-0.05, 0) is 25.8 Å². The molecule has 0 spiro atoms. The lowest BCUT2D eigenvalue weighted by molar-refractivity contribution is -0.153. The van der Waals surface area contributed by atoms with Gasteiger partial charge in [0.2, 0.25) is 11.8 Å². The topological polar surface area (TPSA) is 226 Å². The van der Waals surface area contributed by atoms with E-state index in [1.807, 2.05) is 0 Å². The number of hydrogen-bond acceptors (Lipinski definition) is 11. The van der Waals surface area contributed by atoms with Crippen molar-refractivity contribution in [3.8, 4) is 0 Å². The van der Waals surface area contributed by atoms with Gasteiger partial charge in [0.1, 0.15) is 37.9 Å². The molecular weight excluding hydrogens is 446 g/mol. The summed E-state index contributed by atoms with van der Waals surface area (Å²) in [6, 6.07) is -3.00. The molecule has 14 heteroatoms. The van der Waals surface area contributed by atoms with Crippen molar-refractivity contribution in [3.63, 3.8) is 0 Å². The number of nitrogens with two attached hydrogens (primary N) is 3. The van der Waals surface area contributed by atoms with Gasteiger partial charge in [-0.1, -0.05) is 6.42 Å². The lowest BCUT2D eigenvalue weighted by Gasteiger charge is -2.16. The molecule has 0 radical (unpaired) electrons. The van der Waals surface area contributed by atoms with Crippen LogP contribution in [-0.2, 0) is 33.4 Å². The van der Waals surface area contributed by atoms with Gasteiger partial charge in [-0.2, -0.15) is 12.6 Å². The van der Waals surface area contributed by atoms with Crippen LogP contribution in [0, 0.1) is 0 Å². The summed E-state index contributed by atoms with van der Waals surface area (Å²) >= 11 is 3.97. The number of carboxylic acids is 1. The van der Waals surface area contributed by atoms with Crippen molar-refractivity contribution in [3.05, 3.63) is 0 Å². The molecule has 0 bridgehead atoms. The van der Waals surface area contributed by atoms with E-state index in [1.54, 1.807) is 0 Å². The number of unbranched alkanes of at least 4 members (excludes halogenated alkanes) is 1. The van der Waals surface area contributed by atoms with Gasteiger partial charge in [0.05, 0.1) is 0 Å². The Morgan fingerprint density at radius 2 is 1.62 bits per heavy atom. The van der Waals surface area contributed by atoms with Crippen molar-refractivity contribution in [1.29, 1.82) is 0 Å². The van der Waals surface area contributed by atoms with Crippen LogP contribution in [-0.4, -0.2) is 85.0 Å². The highest BCUT2D eigenvalue weighted by atomic mass is 32.1. The molecule has 0 saturated heterocycles. The van der Waals surface area contributed by atoms with Gasteiger partial charge in [0.15, 0.2) is 0 Å². The first kappa shape index (κ1) is 29.6. The fourth-order valence-electron chi connectivity index (χ4n) is 2.24. The maximum absolute atomic E-state index is 12.1. The summed E-state index contributed by atoms with van der Waals surface area (Å²) in [5, 5.41) is 13.3. The number of esters is 2. The third kappa shape index (κ3) is 13.8. The van der Waals surface area contributed by atoms with Gasteiger partial charge < -0.3 is 42.4 Å². The highest BCUT2D eigenvalue weighted by molar-refractivity contribution is 7.80. The van der Waals surface area contributed by atoms with Crippen LogP contribution in [0.5, 0.6) is 0 Å². The van der Waals surface area contributed by atoms with Gasteiger partial charge in [-0.15, -0.1) is 0 Å². The molecule has 0 saturated carbocycles. The summed E-state index contributed by atoms with van der Waals surface area (Å²) in [5.74, 6) is -3.94. The summed E-state index contributed by atoms with van der Waals surface area (Å²) in [5.41, 5.74) is 16.3. The van der Waals surface area contributed by atoms with Crippen LogP contribution in [0.4, 0.5) is 0 Å². The van der Waals surface area contributed by atoms with E-state index < -0.39 is 54.4 Å². The maximum Gasteiger partial charge on any atom is 0.325 e. The van der Waals surface area contributed by atoms with E-state index in [4.69, 9.17) is 31.8 Å². The number of carbonyl (C=O) groups is 5. The van der Waals surface area contributed by atoms with Gasteiger partial charge in [0.25, 0.3) is 0 Å². The Bertz CT molecular complexity index is 636. The van der Waals surface area contributed by atoms with E-state index in [9.17, 15) is 24.0 Å². The van der Waals surface area contributed by atoms with E-state index >= 15 is 0 Å². The van der Waals surface area contributed by atoms with Crippen LogP contribution in [0.2, 0.25) is 0 Å². The smallest absolute Gasteiger partial charge is 0.325 e. The second-order valence-electron chi connectivity index (χ2n) is 6.78. The van der Waals surface area contributed by atoms with Crippen molar-refractivity contribution < 1.29 is 38.6 Å². The number of thiol groups is 1.